The number of carbonyl (C=O) groups excluding carboxylic acids is 2. The number of anilines is 2. The number of amides is 2. The van der Waals surface area contributed by atoms with E-state index in [2.05, 4.69) is 20.8 Å². The molecule has 0 saturated carbocycles. The summed E-state index contributed by atoms with van der Waals surface area (Å²) in [6, 6.07) is 10.8. The second kappa shape index (κ2) is 11.2. The minimum Gasteiger partial charge on any atom is -0.454 e. The minimum atomic E-state index is -3.60. The molecule has 2 N–H and O–H groups in total. The lowest BCUT2D eigenvalue weighted by molar-refractivity contribution is -0.113. The van der Waals surface area contributed by atoms with E-state index in [9.17, 15) is 18.0 Å². The quantitative estimate of drug-likeness (QED) is 0.288. The van der Waals surface area contributed by atoms with Gasteiger partial charge in [-0.3, -0.25) is 14.9 Å². The summed E-state index contributed by atoms with van der Waals surface area (Å²) in [5.41, 5.74) is 0.868. The predicted molar refractivity (Wildman–Crippen MR) is 136 cm³/mol. The maximum atomic E-state index is 12.6. The molecule has 1 aliphatic heterocycles. The zero-order valence-corrected chi connectivity index (χ0v) is 21.8. The molecule has 4 rings (SSSR count). The Hall–Kier alpha value is -3.20. The van der Waals surface area contributed by atoms with Crippen molar-refractivity contribution in [1.82, 2.24) is 14.5 Å². The molecule has 11 nitrogen and oxygen atoms in total. The average molecular weight is 550 g/mol. The number of thioether (sulfide) groups is 1. The van der Waals surface area contributed by atoms with Crippen LogP contribution in [0.25, 0.3) is 0 Å². The van der Waals surface area contributed by atoms with Gasteiger partial charge in [0.25, 0.3) is 5.91 Å². The van der Waals surface area contributed by atoms with Crippen molar-refractivity contribution < 1.29 is 27.5 Å². The van der Waals surface area contributed by atoms with Gasteiger partial charge in [0.1, 0.15) is 0 Å². The van der Waals surface area contributed by atoms with Crippen LogP contribution in [0.3, 0.4) is 0 Å². The monoisotopic (exact) mass is 549 g/mol. The molecular formula is C22H23N5O6S3. The van der Waals surface area contributed by atoms with Crippen LogP contribution in [0.2, 0.25) is 0 Å². The third kappa shape index (κ3) is 5.95. The largest absolute Gasteiger partial charge is 0.454 e. The number of rotatable bonds is 10. The number of hydrogen-bond donors (Lipinski definition) is 2. The first-order chi connectivity index (χ1) is 17.3. The molecule has 1 aromatic heterocycles. The lowest BCUT2D eigenvalue weighted by atomic mass is 10.2. The molecule has 0 unspecified atom stereocenters. The summed E-state index contributed by atoms with van der Waals surface area (Å²) in [5.74, 6) is 0.616. The Morgan fingerprint density at radius 3 is 2.47 bits per heavy atom. The van der Waals surface area contributed by atoms with Gasteiger partial charge in [-0.1, -0.05) is 36.9 Å². The van der Waals surface area contributed by atoms with Gasteiger partial charge in [0.2, 0.25) is 27.9 Å². The molecule has 0 fully saturated rings. The standard InChI is InChI=1S/C22H23N5O6S3/c1-3-27(4-2)36(30,31)16-8-5-14(6-9-16)20(29)24-21-25-26-22(35-21)34-12-19(28)23-15-7-10-17-18(11-15)33-13-32-17/h5-11H,3-4,12-13H2,1-2H3,(H,23,28)(H,24,25,29). The van der Waals surface area contributed by atoms with E-state index >= 15 is 0 Å². The van der Waals surface area contributed by atoms with Crippen molar-refractivity contribution in [2.45, 2.75) is 23.1 Å². The summed E-state index contributed by atoms with van der Waals surface area (Å²) in [6.45, 7) is 4.41. The Balaban J connectivity index is 1.29. The molecule has 190 valence electrons. The Morgan fingerprint density at radius 2 is 1.75 bits per heavy atom. The molecule has 3 aromatic rings. The first-order valence-corrected chi connectivity index (χ1v) is 14.1. The molecule has 2 heterocycles. The van der Waals surface area contributed by atoms with Crippen molar-refractivity contribution in [3.8, 4) is 11.5 Å². The molecule has 0 aliphatic carbocycles. The Kier molecular flexibility index (Phi) is 8.08. The molecule has 36 heavy (non-hydrogen) atoms. The topological polar surface area (TPSA) is 140 Å². The fraction of sp³-hybridized carbons (Fsp3) is 0.273. The molecular weight excluding hydrogens is 526 g/mol. The van der Waals surface area contributed by atoms with Gasteiger partial charge in [-0.2, -0.15) is 4.31 Å². The van der Waals surface area contributed by atoms with Gasteiger partial charge in [-0.05, 0) is 36.4 Å². The number of sulfonamides is 1. The average Bonchev–Trinajstić information content (AvgIpc) is 3.52. The molecule has 0 radical (unpaired) electrons. The molecule has 2 amide bonds. The summed E-state index contributed by atoms with van der Waals surface area (Å²) in [6.07, 6.45) is 0. The van der Waals surface area contributed by atoms with E-state index in [1.54, 1.807) is 32.0 Å². The third-order valence-electron chi connectivity index (χ3n) is 5.07. The number of nitrogens with one attached hydrogen (secondary N) is 2. The molecule has 2 aromatic carbocycles. The Bertz CT molecular complexity index is 1360. The van der Waals surface area contributed by atoms with Crippen LogP contribution < -0.4 is 20.1 Å². The fourth-order valence-electron chi connectivity index (χ4n) is 3.28. The summed E-state index contributed by atoms with van der Waals surface area (Å²) < 4.78 is 37.6. The second-order valence-corrected chi connectivity index (χ2v) is 11.5. The molecule has 0 bridgehead atoms. The van der Waals surface area contributed by atoms with Crippen molar-refractivity contribution in [3.05, 3.63) is 48.0 Å². The van der Waals surface area contributed by atoms with Crippen molar-refractivity contribution in [2.75, 3.05) is 36.3 Å². The van der Waals surface area contributed by atoms with Crippen LogP contribution in [-0.4, -0.2) is 60.4 Å². The first-order valence-electron chi connectivity index (χ1n) is 10.9. The highest BCUT2D eigenvalue weighted by Crippen LogP contribution is 2.34. The van der Waals surface area contributed by atoms with E-state index < -0.39 is 15.9 Å². The van der Waals surface area contributed by atoms with Gasteiger partial charge in [0, 0.05) is 30.4 Å². The highest BCUT2D eigenvalue weighted by molar-refractivity contribution is 8.01. The fourth-order valence-corrected chi connectivity index (χ4v) is 6.28. The first kappa shape index (κ1) is 25.9. The lowest BCUT2D eigenvalue weighted by Gasteiger charge is -2.18. The van der Waals surface area contributed by atoms with Crippen LogP contribution in [-0.2, 0) is 14.8 Å². The maximum absolute atomic E-state index is 12.6. The van der Waals surface area contributed by atoms with Gasteiger partial charge in [-0.15, -0.1) is 10.2 Å². The predicted octanol–water partition coefficient (Wildman–Crippen LogP) is 3.28. The van der Waals surface area contributed by atoms with Crippen LogP contribution in [0.4, 0.5) is 10.8 Å². The summed E-state index contributed by atoms with van der Waals surface area (Å²) in [7, 11) is -3.60. The second-order valence-electron chi connectivity index (χ2n) is 7.35. The van der Waals surface area contributed by atoms with Gasteiger partial charge < -0.3 is 14.8 Å². The Morgan fingerprint density at radius 1 is 1.03 bits per heavy atom. The van der Waals surface area contributed by atoms with E-state index in [0.717, 1.165) is 11.3 Å². The van der Waals surface area contributed by atoms with E-state index in [0.29, 0.717) is 34.6 Å². The van der Waals surface area contributed by atoms with Crippen LogP contribution in [0.1, 0.15) is 24.2 Å². The van der Waals surface area contributed by atoms with Crippen LogP contribution in [0.5, 0.6) is 11.5 Å². The summed E-state index contributed by atoms with van der Waals surface area (Å²) in [4.78, 5) is 25.0. The minimum absolute atomic E-state index is 0.0967. The van der Waals surface area contributed by atoms with Crippen LogP contribution in [0.15, 0.2) is 51.7 Å². The number of benzene rings is 2. The van der Waals surface area contributed by atoms with Gasteiger partial charge >= 0.3 is 0 Å². The van der Waals surface area contributed by atoms with E-state index in [1.165, 1.54) is 40.3 Å². The number of hydrogen-bond acceptors (Lipinski definition) is 10. The molecule has 0 saturated heterocycles. The molecule has 0 spiro atoms. The summed E-state index contributed by atoms with van der Waals surface area (Å²) in [5, 5.41) is 13.6. The van der Waals surface area contributed by atoms with Crippen molar-refractivity contribution in [2.24, 2.45) is 0 Å². The van der Waals surface area contributed by atoms with E-state index in [-0.39, 0.29) is 34.0 Å². The number of aromatic nitrogens is 2. The molecule has 0 atom stereocenters. The highest BCUT2D eigenvalue weighted by atomic mass is 32.2. The highest BCUT2D eigenvalue weighted by Gasteiger charge is 2.22. The Labute approximate surface area is 216 Å². The van der Waals surface area contributed by atoms with Crippen molar-refractivity contribution >= 4 is 55.8 Å². The lowest BCUT2D eigenvalue weighted by Crippen LogP contribution is -2.30. The smallest absolute Gasteiger partial charge is 0.257 e. The van der Waals surface area contributed by atoms with Crippen LogP contribution >= 0.6 is 23.1 Å². The normalized spacial score (nSPS) is 12.5. The molecule has 1 aliphatic rings. The SMILES string of the molecule is CCN(CC)S(=O)(=O)c1ccc(C(=O)Nc2nnc(SCC(=O)Nc3ccc4c(c3)OCO4)s2)cc1. The van der Waals surface area contributed by atoms with Gasteiger partial charge in [0.05, 0.1) is 10.6 Å². The number of nitrogens with zero attached hydrogens (tertiary/aromatic N) is 3. The van der Waals surface area contributed by atoms with Gasteiger partial charge in [0.15, 0.2) is 15.8 Å². The summed E-state index contributed by atoms with van der Waals surface area (Å²) >= 11 is 2.31. The zero-order valence-electron chi connectivity index (χ0n) is 19.4. The number of fused-ring (bicyclic) bond motifs is 1. The maximum Gasteiger partial charge on any atom is 0.257 e. The van der Waals surface area contributed by atoms with Crippen molar-refractivity contribution in [1.29, 1.82) is 0 Å². The van der Waals surface area contributed by atoms with Crippen LogP contribution in [0, 0.1) is 0 Å². The van der Waals surface area contributed by atoms with E-state index in [4.69, 9.17) is 9.47 Å². The van der Waals surface area contributed by atoms with Crippen molar-refractivity contribution in [3.63, 3.8) is 0 Å². The molecule has 14 heteroatoms. The number of ether oxygens (including phenoxy) is 2. The zero-order chi connectivity index (χ0) is 25.7. The third-order valence-corrected chi connectivity index (χ3v) is 9.11. The van der Waals surface area contributed by atoms with E-state index in [1.807, 2.05) is 0 Å². The number of carbonyl (C=O) groups is 2. The van der Waals surface area contributed by atoms with Gasteiger partial charge in [-0.25, -0.2) is 8.42 Å².